The first-order chi connectivity index (χ1) is 18.5. The van der Waals surface area contributed by atoms with Crippen LogP contribution in [0.3, 0.4) is 0 Å². The number of anilines is 2. The highest BCUT2D eigenvalue weighted by molar-refractivity contribution is 5.93. The quantitative estimate of drug-likeness (QED) is 0.266. The van der Waals surface area contributed by atoms with Crippen LogP contribution in [0.4, 0.5) is 37.8 Å². The van der Waals surface area contributed by atoms with E-state index in [1.807, 2.05) is 6.92 Å². The largest absolute Gasteiger partial charge is 0.417 e. The maximum atomic E-state index is 13.7. The van der Waals surface area contributed by atoms with Crippen LogP contribution in [0.25, 0.3) is 22.0 Å². The molecule has 2 heterocycles. The van der Waals surface area contributed by atoms with Crippen molar-refractivity contribution in [1.29, 1.82) is 0 Å². The normalized spacial score (nSPS) is 16.9. The number of nitrogens with zero attached hydrogens (tertiary/aromatic N) is 3. The summed E-state index contributed by atoms with van der Waals surface area (Å²) in [6, 6.07) is 14.6. The molecule has 0 unspecified atom stereocenters. The van der Waals surface area contributed by atoms with E-state index in [1.165, 1.54) is 30.3 Å². The van der Waals surface area contributed by atoms with Crippen LogP contribution in [0.2, 0.25) is 0 Å². The molecule has 1 aliphatic heterocycles. The second kappa shape index (κ2) is 10.5. The zero-order chi connectivity index (χ0) is 27.8. The van der Waals surface area contributed by atoms with Gasteiger partial charge in [-0.3, -0.25) is 4.90 Å². The van der Waals surface area contributed by atoms with Gasteiger partial charge < -0.3 is 10.1 Å². The predicted molar refractivity (Wildman–Crippen MR) is 135 cm³/mol. The van der Waals surface area contributed by atoms with Crippen molar-refractivity contribution in [1.82, 2.24) is 14.9 Å². The molecule has 5 nitrogen and oxygen atoms in total. The molecular formula is C28H24F6N4O. The maximum Gasteiger partial charge on any atom is 0.417 e. The Morgan fingerprint density at radius 2 is 1.67 bits per heavy atom. The molecule has 0 radical (unpaired) electrons. The van der Waals surface area contributed by atoms with E-state index in [4.69, 9.17) is 4.74 Å². The Morgan fingerprint density at radius 1 is 0.923 bits per heavy atom. The molecule has 0 spiro atoms. The van der Waals surface area contributed by atoms with Gasteiger partial charge in [0, 0.05) is 24.2 Å². The number of alkyl halides is 6. The van der Waals surface area contributed by atoms with E-state index in [1.54, 1.807) is 18.2 Å². The molecule has 1 aliphatic rings. The van der Waals surface area contributed by atoms with Gasteiger partial charge in [-0.15, -0.1) is 0 Å². The van der Waals surface area contributed by atoms with Gasteiger partial charge in [0.2, 0.25) is 0 Å². The second-order valence-corrected chi connectivity index (χ2v) is 9.38. The van der Waals surface area contributed by atoms with E-state index >= 15 is 0 Å². The summed E-state index contributed by atoms with van der Waals surface area (Å²) in [4.78, 5) is 11.4. The molecule has 3 aromatic carbocycles. The summed E-state index contributed by atoms with van der Waals surface area (Å²) in [5.74, 6) is 0.763. The highest BCUT2D eigenvalue weighted by Gasteiger charge is 2.33. The van der Waals surface area contributed by atoms with Gasteiger partial charge in [-0.1, -0.05) is 24.3 Å². The van der Waals surface area contributed by atoms with Gasteiger partial charge in [0.15, 0.2) is 0 Å². The summed E-state index contributed by atoms with van der Waals surface area (Å²) >= 11 is 0. The standard InChI is InChI=1S/C28H24F6N4O/c1-17-15-38(12-13-39-17)16-25-36-24-14-18(21-4-2-3-5-23(21)28(32,33)34)6-11-22(24)26(37-25)35-20-9-7-19(8-10-20)27(29,30)31/h2-11,14,17H,12-13,15-16H2,1H3,(H,35,36,37)/t17-/m0/s1. The molecule has 0 aliphatic carbocycles. The molecule has 11 heteroatoms. The Labute approximate surface area is 220 Å². The van der Waals surface area contributed by atoms with Crippen molar-refractivity contribution < 1.29 is 31.1 Å². The van der Waals surface area contributed by atoms with Crippen molar-refractivity contribution in [3.05, 3.63) is 83.7 Å². The predicted octanol–water partition coefficient (Wildman–Crippen LogP) is 7.30. The van der Waals surface area contributed by atoms with Gasteiger partial charge >= 0.3 is 12.4 Å². The number of nitrogens with one attached hydrogen (secondary N) is 1. The number of hydrogen-bond donors (Lipinski definition) is 1. The number of morpholine rings is 1. The Bertz CT molecular complexity index is 1470. The number of aromatic nitrogens is 2. The van der Waals surface area contributed by atoms with Gasteiger partial charge in [-0.05, 0) is 60.5 Å². The first-order valence-electron chi connectivity index (χ1n) is 12.2. The van der Waals surface area contributed by atoms with Gasteiger partial charge in [-0.25, -0.2) is 9.97 Å². The summed E-state index contributed by atoms with van der Waals surface area (Å²) in [6.07, 6.45) is -8.98. The molecule has 1 atom stereocenters. The van der Waals surface area contributed by atoms with Crippen molar-refractivity contribution in [2.24, 2.45) is 0 Å². The van der Waals surface area contributed by atoms with Gasteiger partial charge in [0.1, 0.15) is 11.6 Å². The zero-order valence-electron chi connectivity index (χ0n) is 20.8. The Morgan fingerprint density at radius 3 is 2.36 bits per heavy atom. The molecule has 0 saturated carbocycles. The van der Waals surface area contributed by atoms with Crippen molar-refractivity contribution in [2.45, 2.75) is 31.9 Å². The summed E-state index contributed by atoms with van der Waals surface area (Å²) in [5, 5.41) is 3.58. The summed E-state index contributed by atoms with van der Waals surface area (Å²) < 4.78 is 85.7. The molecular weight excluding hydrogens is 522 g/mol. The first kappa shape index (κ1) is 26.9. The van der Waals surface area contributed by atoms with Crippen LogP contribution < -0.4 is 5.32 Å². The minimum absolute atomic E-state index is 0.0197. The van der Waals surface area contributed by atoms with Crippen LogP contribution in [-0.4, -0.2) is 40.7 Å². The average Bonchev–Trinajstić information content (AvgIpc) is 2.88. The molecule has 204 valence electrons. The third-order valence-electron chi connectivity index (χ3n) is 6.45. The topological polar surface area (TPSA) is 50.3 Å². The molecule has 0 amide bonds. The smallest absolute Gasteiger partial charge is 0.376 e. The molecule has 4 aromatic rings. The van der Waals surface area contributed by atoms with E-state index in [9.17, 15) is 26.3 Å². The third-order valence-corrected chi connectivity index (χ3v) is 6.45. The van der Waals surface area contributed by atoms with E-state index < -0.39 is 23.5 Å². The van der Waals surface area contributed by atoms with Crippen LogP contribution in [0.15, 0.2) is 66.7 Å². The Kier molecular flexibility index (Phi) is 7.21. The minimum Gasteiger partial charge on any atom is -0.376 e. The molecule has 1 N–H and O–H groups in total. The average molecular weight is 547 g/mol. The van der Waals surface area contributed by atoms with Crippen LogP contribution >= 0.6 is 0 Å². The molecule has 1 fully saturated rings. The van der Waals surface area contributed by atoms with Crippen LogP contribution in [-0.2, 0) is 23.6 Å². The highest BCUT2D eigenvalue weighted by atomic mass is 19.4. The van der Waals surface area contributed by atoms with Crippen molar-refractivity contribution in [2.75, 3.05) is 25.0 Å². The number of benzene rings is 3. The molecule has 0 bridgehead atoms. The van der Waals surface area contributed by atoms with Crippen LogP contribution in [0.1, 0.15) is 23.9 Å². The fourth-order valence-electron chi connectivity index (χ4n) is 4.61. The molecule has 5 rings (SSSR count). The van der Waals surface area contributed by atoms with E-state index in [0.717, 1.165) is 18.2 Å². The van der Waals surface area contributed by atoms with Gasteiger partial charge in [0.05, 0.1) is 35.9 Å². The first-order valence-corrected chi connectivity index (χ1v) is 12.2. The second-order valence-electron chi connectivity index (χ2n) is 9.38. The number of ether oxygens (including phenoxy) is 1. The van der Waals surface area contributed by atoms with E-state index in [2.05, 4.69) is 20.2 Å². The van der Waals surface area contributed by atoms with E-state index in [-0.39, 0.29) is 11.7 Å². The summed E-state index contributed by atoms with van der Waals surface area (Å²) in [6.45, 7) is 4.18. The SMILES string of the molecule is C[C@H]1CN(Cc2nc(Nc3ccc(C(F)(F)F)cc3)c3ccc(-c4ccccc4C(F)(F)F)cc3n2)CCO1. The Hall–Kier alpha value is -3.70. The third kappa shape index (κ3) is 6.15. The lowest BCUT2D eigenvalue weighted by Gasteiger charge is -2.30. The molecule has 1 aromatic heterocycles. The Balaban J connectivity index is 1.57. The van der Waals surface area contributed by atoms with E-state index in [0.29, 0.717) is 60.0 Å². The fraction of sp³-hybridized carbons (Fsp3) is 0.286. The van der Waals surface area contributed by atoms with Crippen LogP contribution in [0.5, 0.6) is 0 Å². The number of hydrogen-bond acceptors (Lipinski definition) is 5. The number of halogens is 6. The lowest BCUT2D eigenvalue weighted by molar-refractivity contribution is -0.138. The minimum atomic E-state index is -4.54. The fourth-order valence-corrected chi connectivity index (χ4v) is 4.61. The summed E-state index contributed by atoms with van der Waals surface area (Å²) in [5.41, 5.74) is -0.405. The lowest BCUT2D eigenvalue weighted by atomic mass is 9.98. The van der Waals surface area contributed by atoms with Crippen molar-refractivity contribution in [3.63, 3.8) is 0 Å². The number of rotatable bonds is 5. The van der Waals surface area contributed by atoms with Crippen molar-refractivity contribution in [3.8, 4) is 11.1 Å². The van der Waals surface area contributed by atoms with Crippen LogP contribution in [0, 0.1) is 0 Å². The monoisotopic (exact) mass is 546 g/mol. The lowest BCUT2D eigenvalue weighted by Crippen LogP contribution is -2.40. The number of fused-ring (bicyclic) bond motifs is 1. The highest BCUT2D eigenvalue weighted by Crippen LogP contribution is 2.38. The van der Waals surface area contributed by atoms with Gasteiger partial charge in [0.25, 0.3) is 0 Å². The van der Waals surface area contributed by atoms with Crippen molar-refractivity contribution >= 4 is 22.4 Å². The van der Waals surface area contributed by atoms with Gasteiger partial charge in [-0.2, -0.15) is 26.3 Å². The maximum absolute atomic E-state index is 13.7. The zero-order valence-corrected chi connectivity index (χ0v) is 20.8. The molecule has 1 saturated heterocycles. The summed E-state index contributed by atoms with van der Waals surface area (Å²) in [7, 11) is 0. The molecule has 39 heavy (non-hydrogen) atoms.